The number of carbonyl (C=O) groups excluding carboxylic acids is 1. The molecule has 1 N–H and O–H groups in total. The maximum absolute atomic E-state index is 12.1. The number of rotatable bonds is 11. The van der Waals surface area contributed by atoms with Gasteiger partial charge in [0.25, 0.3) is 0 Å². The largest absolute Gasteiger partial charge is 0.497 e. The highest BCUT2D eigenvalue weighted by atomic mass is 16.5. The Morgan fingerprint density at radius 2 is 2.00 bits per heavy atom. The molecular formula is C22H32N4O2. The van der Waals surface area contributed by atoms with E-state index in [9.17, 15) is 4.79 Å². The lowest BCUT2D eigenvalue weighted by Gasteiger charge is -2.20. The summed E-state index contributed by atoms with van der Waals surface area (Å²) in [5.74, 6) is 0.647. The Bertz CT molecular complexity index is 683. The Labute approximate surface area is 168 Å². The number of aliphatic imine (C=N–C) groups is 1. The number of hydrogen-bond donors (Lipinski definition) is 1. The molecule has 0 radical (unpaired) electrons. The average Bonchev–Trinajstić information content (AvgIpc) is 2.72. The monoisotopic (exact) mass is 384 g/mol. The molecule has 2 amide bonds. The minimum absolute atomic E-state index is 0.105. The number of ether oxygens (including phenoxy) is 1. The molecule has 1 aromatic heterocycles. The van der Waals surface area contributed by atoms with Crippen LogP contribution in [0.3, 0.4) is 0 Å². The molecule has 1 aromatic rings. The summed E-state index contributed by atoms with van der Waals surface area (Å²) in [6.07, 6.45) is 15.1. The first-order valence-corrected chi connectivity index (χ1v) is 10.4. The number of hydrogen-bond acceptors (Lipinski definition) is 4. The van der Waals surface area contributed by atoms with Crippen molar-refractivity contribution in [1.82, 2.24) is 15.5 Å². The zero-order valence-electron chi connectivity index (χ0n) is 17.1. The van der Waals surface area contributed by atoms with Gasteiger partial charge in [-0.1, -0.05) is 52.0 Å². The molecular weight excluding hydrogens is 352 g/mol. The van der Waals surface area contributed by atoms with Gasteiger partial charge in [0.2, 0.25) is 0 Å². The lowest BCUT2D eigenvalue weighted by atomic mass is 9.96. The smallest absolute Gasteiger partial charge is 0.341 e. The molecule has 0 aromatic carbocycles. The van der Waals surface area contributed by atoms with Crippen molar-refractivity contribution in [1.29, 1.82) is 0 Å². The molecule has 2 rings (SSSR count). The van der Waals surface area contributed by atoms with Crippen LogP contribution in [0, 0.1) is 0 Å². The predicted molar refractivity (Wildman–Crippen MR) is 112 cm³/mol. The summed E-state index contributed by atoms with van der Waals surface area (Å²) in [6.45, 7) is 5.61. The molecule has 152 valence electrons. The summed E-state index contributed by atoms with van der Waals surface area (Å²) < 4.78 is 5.97. The van der Waals surface area contributed by atoms with Gasteiger partial charge in [-0.15, -0.1) is 0 Å². The van der Waals surface area contributed by atoms with Crippen LogP contribution in [-0.4, -0.2) is 35.1 Å². The van der Waals surface area contributed by atoms with Gasteiger partial charge in [0, 0.05) is 18.8 Å². The number of carbonyl (C=O) groups is 1. The van der Waals surface area contributed by atoms with Gasteiger partial charge in [0.1, 0.15) is 5.76 Å². The van der Waals surface area contributed by atoms with Crippen molar-refractivity contribution in [3.63, 3.8) is 0 Å². The number of amides is 2. The molecule has 0 bridgehead atoms. The van der Waals surface area contributed by atoms with Gasteiger partial charge in [0.05, 0.1) is 23.9 Å². The van der Waals surface area contributed by atoms with Crippen LogP contribution in [0.5, 0.6) is 0 Å². The molecule has 6 heteroatoms. The predicted octanol–water partition coefficient (Wildman–Crippen LogP) is 4.95. The normalized spacial score (nSPS) is 17.4. The first kappa shape index (κ1) is 21.8. The first-order chi connectivity index (χ1) is 13.7. The fourth-order valence-electron chi connectivity index (χ4n) is 2.91. The summed E-state index contributed by atoms with van der Waals surface area (Å²) in [4.78, 5) is 16.3. The van der Waals surface area contributed by atoms with Crippen LogP contribution in [0.2, 0.25) is 0 Å². The molecule has 1 heterocycles. The van der Waals surface area contributed by atoms with Crippen LogP contribution in [0.15, 0.2) is 47.3 Å². The van der Waals surface area contributed by atoms with E-state index >= 15 is 0 Å². The highest BCUT2D eigenvalue weighted by Crippen LogP contribution is 2.28. The Balaban J connectivity index is 1.96. The van der Waals surface area contributed by atoms with Crippen molar-refractivity contribution in [2.45, 2.75) is 64.7 Å². The lowest BCUT2D eigenvalue weighted by Crippen LogP contribution is -2.22. The van der Waals surface area contributed by atoms with Crippen LogP contribution in [0.4, 0.5) is 4.79 Å². The van der Waals surface area contributed by atoms with E-state index in [0.717, 1.165) is 37.1 Å². The standard InChI is InChI=1S/C22H32N4O2/c1-3-5-7-8-9-14-23-22(27)25-18-12-13-19(20-11-10-15-24-26-20)21(17-18)28-16-6-4-2/h10-13,15,17,19H,3-9,14,16H2,1-2H3,(H,23,27). The SMILES string of the molecule is CCCCCCCNC(=O)N=C1C=CC(c2cccnn2)C(OCCCC)=C1. The fourth-order valence-corrected chi connectivity index (χ4v) is 2.91. The minimum Gasteiger partial charge on any atom is -0.497 e. The average molecular weight is 385 g/mol. The lowest BCUT2D eigenvalue weighted by molar-refractivity contribution is 0.195. The minimum atomic E-state index is -0.308. The Morgan fingerprint density at radius 3 is 2.75 bits per heavy atom. The molecule has 1 aliphatic carbocycles. The van der Waals surface area contributed by atoms with Gasteiger partial charge in [-0.05, 0) is 31.1 Å². The molecule has 1 unspecified atom stereocenters. The molecule has 0 spiro atoms. The van der Waals surface area contributed by atoms with Crippen molar-refractivity contribution in [3.05, 3.63) is 48.0 Å². The van der Waals surface area contributed by atoms with Gasteiger partial charge in [-0.2, -0.15) is 15.2 Å². The third kappa shape index (κ3) is 7.62. The summed E-state index contributed by atoms with van der Waals surface area (Å²) >= 11 is 0. The summed E-state index contributed by atoms with van der Waals surface area (Å²) in [6, 6.07) is 3.47. The van der Waals surface area contributed by atoms with Crippen LogP contribution in [0.1, 0.15) is 70.4 Å². The highest BCUT2D eigenvalue weighted by Gasteiger charge is 2.21. The van der Waals surface area contributed by atoms with Crippen molar-refractivity contribution in [3.8, 4) is 0 Å². The van der Waals surface area contributed by atoms with Crippen molar-refractivity contribution >= 4 is 11.7 Å². The van der Waals surface area contributed by atoms with Crippen molar-refractivity contribution < 1.29 is 9.53 Å². The Morgan fingerprint density at radius 1 is 1.18 bits per heavy atom. The molecule has 0 saturated heterocycles. The summed E-state index contributed by atoms with van der Waals surface area (Å²) in [5.41, 5.74) is 1.41. The zero-order valence-corrected chi connectivity index (χ0v) is 17.1. The molecule has 1 atom stereocenters. The van der Waals surface area contributed by atoms with Gasteiger partial charge < -0.3 is 10.1 Å². The third-order valence-corrected chi connectivity index (χ3v) is 4.52. The van der Waals surface area contributed by atoms with E-state index in [-0.39, 0.29) is 11.9 Å². The van der Waals surface area contributed by atoms with E-state index in [4.69, 9.17) is 4.74 Å². The van der Waals surface area contributed by atoms with Crippen molar-refractivity contribution in [2.24, 2.45) is 4.99 Å². The van der Waals surface area contributed by atoms with Crippen LogP contribution >= 0.6 is 0 Å². The number of aromatic nitrogens is 2. The second-order valence-electron chi connectivity index (χ2n) is 6.92. The van der Waals surface area contributed by atoms with Gasteiger partial charge in [0.15, 0.2) is 0 Å². The van der Waals surface area contributed by atoms with Crippen LogP contribution in [0.25, 0.3) is 0 Å². The number of nitrogens with zero attached hydrogens (tertiary/aromatic N) is 3. The van der Waals surface area contributed by atoms with Crippen LogP contribution in [-0.2, 0) is 4.74 Å². The zero-order chi connectivity index (χ0) is 20.0. The molecule has 0 aliphatic heterocycles. The highest BCUT2D eigenvalue weighted by molar-refractivity contribution is 6.10. The Hall–Kier alpha value is -2.50. The van der Waals surface area contributed by atoms with Gasteiger partial charge in [-0.25, -0.2) is 4.79 Å². The van der Waals surface area contributed by atoms with Gasteiger partial charge >= 0.3 is 6.03 Å². The second kappa shape index (κ2) is 12.8. The number of nitrogens with one attached hydrogen (secondary N) is 1. The maximum atomic E-state index is 12.1. The number of allylic oxidation sites excluding steroid dienone is 3. The Kier molecular flexibility index (Phi) is 9.97. The van der Waals surface area contributed by atoms with E-state index < -0.39 is 0 Å². The topological polar surface area (TPSA) is 76.5 Å². The summed E-state index contributed by atoms with van der Waals surface area (Å²) in [5, 5.41) is 11.0. The molecule has 6 nitrogen and oxygen atoms in total. The van der Waals surface area contributed by atoms with E-state index in [1.54, 1.807) is 6.20 Å². The number of unbranched alkanes of at least 4 members (excludes halogenated alkanes) is 5. The second-order valence-corrected chi connectivity index (χ2v) is 6.92. The van der Waals surface area contributed by atoms with E-state index in [0.29, 0.717) is 18.9 Å². The molecule has 1 aliphatic rings. The summed E-state index contributed by atoms with van der Waals surface area (Å²) in [7, 11) is 0. The van der Waals surface area contributed by atoms with Crippen LogP contribution < -0.4 is 5.32 Å². The van der Waals surface area contributed by atoms with Gasteiger partial charge in [-0.3, -0.25) is 0 Å². The third-order valence-electron chi connectivity index (χ3n) is 4.52. The van der Waals surface area contributed by atoms with E-state index in [1.807, 2.05) is 30.4 Å². The maximum Gasteiger partial charge on any atom is 0.341 e. The van der Waals surface area contributed by atoms with E-state index in [2.05, 4.69) is 34.4 Å². The van der Waals surface area contributed by atoms with Crippen molar-refractivity contribution in [2.75, 3.05) is 13.2 Å². The first-order valence-electron chi connectivity index (χ1n) is 10.4. The molecule has 0 fully saturated rings. The quantitative estimate of drug-likeness (QED) is 0.548. The number of urea groups is 1. The fraction of sp³-hybridized carbons (Fsp3) is 0.545. The molecule has 0 saturated carbocycles. The molecule has 28 heavy (non-hydrogen) atoms. The van der Waals surface area contributed by atoms with E-state index in [1.165, 1.54) is 19.3 Å².